The zero-order valence-corrected chi connectivity index (χ0v) is 16.2. The Labute approximate surface area is 156 Å². The fourth-order valence-corrected chi connectivity index (χ4v) is 4.90. The van der Waals surface area contributed by atoms with Gasteiger partial charge in [-0.25, -0.2) is 17.5 Å². The van der Waals surface area contributed by atoms with Gasteiger partial charge in [0.2, 0.25) is 10.0 Å². The number of carbonyl (C=O) groups excluding carboxylic acids is 1. The molecular formula is C19H29N3O3S. The third-order valence-corrected chi connectivity index (χ3v) is 6.90. The summed E-state index contributed by atoms with van der Waals surface area (Å²) in [5, 5.41) is 5.96. The van der Waals surface area contributed by atoms with Gasteiger partial charge in [-0.2, -0.15) is 0 Å². The first kappa shape index (κ1) is 19.2. The molecule has 3 rings (SSSR count). The van der Waals surface area contributed by atoms with Crippen LogP contribution in [0.3, 0.4) is 0 Å². The van der Waals surface area contributed by atoms with E-state index in [1.807, 2.05) is 0 Å². The van der Waals surface area contributed by atoms with E-state index >= 15 is 0 Å². The Balaban J connectivity index is 1.39. The molecule has 1 aromatic rings. The topological polar surface area (TPSA) is 78.5 Å². The number of carbonyl (C=O) groups is 1. The van der Waals surface area contributed by atoms with Crippen LogP contribution in [0.1, 0.15) is 42.7 Å². The van der Waals surface area contributed by atoms with Crippen LogP contribution < -0.4 is 10.6 Å². The van der Waals surface area contributed by atoms with E-state index in [1.54, 1.807) is 0 Å². The molecule has 2 amide bonds. The van der Waals surface area contributed by atoms with Crippen molar-refractivity contribution >= 4 is 16.1 Å². The fraction of sp³-hybridized carbons (Fsp3) is 0.632. The number of fused-ring (bicyclic) bond motifs is 1. The first-order valence-electron chi connectivity index (χ1n) is 9.48. The summed E-state index contributed by atoms with van der Waals surface area (Å²) in [5.41, 5.74) is 2.77. The summed E-state index contributed by atoms with van der Waals surface area (Å²) >= 11 is 0. The summed E-state index contributed by atoms with van der Waals surface area (Å²) in [6.45, 7) is 2.36. The Morgan fingerprint density at radius 2 is 1.81 bits per heavy atom. The second-order valence-electron chi connectivity index (χ2n) is 7.48. The quantitative estimate of drug-likeness (QED) is 0.822. The van der Waals surface area contributed by atoms with E-state index < -0.39 is 10.0 Å². The largest absolute Gasteiger partial charge is 0.338 e. The monoisotopic (exact) mass is 379 g/mol. The van der Waals surface area contributed by atoms with E-state index in [0.29, 0.717) is 38.0 Å². The predicted molar refractivity (Wildman–Crippen MR) is 103 cm³/mol. The number of hydrogen-bond donors (Lipinski definition) is 2. The molecule has 0 radical (unpaired) electrons. The van der Waals surface area contributed by atoms with Crippen LogP contribution in [0.4, 0.5) is 4.79 Å². The van der Waals surface area contributed by atoms with Crippen molar-refractivity contribution in [1.29, 1.82) is 0 Å². The van der Waals surface area contributed by atoms with Crippen LogP contribution in [0, 0.1) is 5.92 Å². The van der Waals surface area contributed by atoms with Gasteiger partial charge in [-0.1, -0.05) is 24.3 Å². The van der Waals surface area contributed by atoms with Gasteiger partial charge < -0.3 is 10.6 Å². The molecule has 0 spiro atoms. The molecule has 144 valence electrons. The highest BCUT2D eigenvalue weighted by Gasteiger charge is 2.25. The van der Waals surface area contributed by atoms with E-state index in [-0.39, 0.29) is 6.03 Å². The number of nitrogens with zero attached hydrogens (tertiary/aromatic N) is 1. The Hall–Kier alpha value is -1.60. The Kier molecular flexibility index (Phi) is 6.19. The van der Waals surface area contributed by atoms with E-state index in [1.165, 1.54) is 28.1 Å². The van der Waals surface area contributed by atoms with Gasteiger partial charge in [0, 0.05) is 32.1 Å². The Bertz CT molecular complexity index is 727. The maximum atomic E-state index is 12.1. The van der Waals surface area contributed by atoms with Crippen LogP contribution in [-0.2, 0) is 16.4 Å². The lowest BCUT2D eigenvalue weighted by Crippen LogP contribution is -2.44. The lowest BCUT2D eigenvalue weighted by atomic mass is 9.83. The van der Waals surface area contributed by atoms with E-state index in [4.69, 9.17) is 0 Å². The van der Waals surface area contributed by atoms with Gasteiger partial charge in [-0.15, -0.1) is 0 Å². The zero-order valence-electron chi connectivity index (χ0n) is 15.4. The van der Waals surface area contributed by atoms with Gasteiger partial charge in [0.25, 0.3) is 0 Å². The summed E-state index contributed by atoms with van der Waals surface area (Å²) in [7, 11) is -3.09. The van der Waals surface area contributed by atoms with Gasteiger partial charge in [-0.3, -0.25) is 0 Å². The molecule has 1 aromatic carbocycles. The molecular weight excluding hydrogens is 350 g/mol. The minimum Gasteiger partial charge on any atom is -0.338 e. The maximum Gasteiger partial charge on any atom is 0.314 e. The summed E-state index contributed by atoms with van der Waals surface area (Å²) in [6.07, 6.45) is 6.26. The number of benzene rings is 1. The van der Waals surface area contributed by atoms with Crippen molar-refractivity contribution in [3.05, 3.63) is 35.4 Å². The van der Waals surface area contributed by atoms with Gasteiger partial charge in [-0.05, 0) is 49.1 Å². The lowest BCUT2D eigenvalue weighted by Gasteiger charge is -2.30. The van der Waals surface area contributed by atoms with Gasteiger partial charge >= 0.3 is 6.03 Å². The molecule has 1 unspecified atom stereocenters. The van der Waals surface area contributed by atoms with Crippen molar-refractivity contribution in [3.8, 4) is 0 Å². The van der Waals surface area contributed by atoms with Crippen LogP contribution >= 0.6 is 0 Å². The molecule has 6 nitrogen and oxygen atoms in total. The van der Waals surface area contributed by atoms with Crippen molar-refractivity contribution in [2.45, 2.75) is 38.0 Å². The van der Waals surface area contributed by atoms with Gasteiger partial charge in [0.1, 0.15) is 0 Å². The molecule has 2 N–H and O–H groups in total. The molecule has 1 atom stereocenters. The summed E-state index contributed by atoms with van der Waals surface area (Å²) in [4.78, 5) is 12.1. The molecule has 1 fully saturated rings. The third kappa shape index (κ3) is 4.98. The maximum absolute atomic E-state index is 12.1. The number of urea groups is 1. The number of amides is 2. The lowest BCUT2D eigenvalue weighted by molar-refractivity contribution is 0.230. The Morgan fingerprint density at radius 3 is 2.54 bits per heavy atom. The minimum atomic E-state index is -3.09. The first-order valence-corrected chi connectivity index (χ1v) is 11.3. The van der Waals surface area contributed by atoms with Gasteiger partial charge in [0.15, 0.2) is 0 Å². The summed E-state index contributed by atoms with van der Waals surface area (Å²) < 4.78 is 24.6. The smallest absolute Gasteiger partial charge is 0.314 e. The predicted octanol–water partition coefficient (Wildman–Crippen LogP) is 2.08. The average molecular weight is 380 g/mol. The fourth-order valence-electron chi connectivity index (χ4n) is 4.03. The van der Waals surface area contributed by atoms with Crippen LogP contribution in [0.25, 0.3) is 0 Å². The van der Waals surface area contributed by atoms with Crippen molar-refractivity contribution < 1.29 is 13.2 Å². The molecule has 1 heterocycles. The van der Waals surface area contributed by atoms with Crippen LogP contribution in [0.15, 0.2) is 24.3 Å². The number of sulfonamides is 1. The van der Waals surface area contributed by atoms with Crippen LogP contribution in [0.5, 0.6) is 0 Å². The Morgan fingerprint density at radius 1 is 1.12 bits per heavy atom. The van der Waals surface area contributed by atoms with E-state index in [9.17, 15) is 13.2 Å². The molecule has 2 aliphatic rings. The molecule has 7 heteroatoms. The molecule has 1 saturated heterocycles. The van der Waals surface area contributed by atoms with Crippen LogP contribution in [-0.4, -0.2) is 51.2 Å². The van der Waals surface area contributed by atoms with Crippen molar-refractivity contribution in [1.82, 2.24) is 14.9 Å². The highest BCUT2D eigenvalue weighted by Crippen LogP contribution is 2.30. The molecule has 1 aliphatic heterocycles. The summed E-state index contributed by atoms with van der Waals surface area (Å²) in [6, 6.07) is 8.38. The zero-order chi connectivity index (χ0) is 18.6. The second kappa shape index (κ2) is 8.39. The molecule has 0 bridgehead atoms. The highest BCUT2D eigenvalue weighted by molar-refractivity contribution is 7.88. The molecule has 0 saturated carbocycles. The SMILES string of the molecule is CS(=O)(=O)N1CCC(CNC(=O)NCC2CCCc3ccccc32)CC1. The van der Waals surface area contributed by atoms with E-state index in [0.717, 1.165) is 25.7 Å². The third-order valence-electron chi connectivity index (χ3n) is 5.60. The molecule has 0 aromatic heterocycles. The number of piperidine rings is 1. The standard InChI is InChI=1S/C19H29N3O3S/c1-26(24,25)22-11-9-15(10-12-22)13-20-19(23)21-14-17-7-4-6-16-5-2-3-8-18(16)17/h2-3,5,8,15,17H,4,6-7,9-14H2,1H3,(H2,20,21,23). The second-order valence-corrected chi connectivity index (χ2v) is 9.47. The normalized spacial score (nSPS) is 21.8. The number of nitrogens with one attached hydrogen (secondary N) is 2. The average Bonchev–Trinajstić information content (AvgIpc) is 2.64. The number of hydrogen-bond acceptors (Lipinski definition) is 3. The summed E-state index contributed by atoms with van der Waals surface area (Å²) in [5.74, 6) is 0.734. The minimum absolute atomic E-state index is 0.126. The molecule has 26 heavy (non-hydrogen) atoms. The number of aryl methyl sites for hydroxylation is 1. The first-order chi connectivity index (χ1) is 12.4. The van der Waals surface area contributed by atoms with E-state index in [2.05, 4.69) is 34.9 Å². The highest BCUT2D eigenvalue weighted by atomic mass is 32.2. The van der Waals surface area contributed by atoms with Crippen molar-refractivity contribution in [2.24, 2.45) is 5.92 Å². The number of rotatable bonds is 5. The van der Waals surface area contributed by atoms with Crippen molar-refractivity contribution in [3.63, 3.8) is 0 Å². The van der Waals surface area contributed by atoms with Crippen LogP contribution in [0.2, 0.25) is 0 Å². The molecule has 1 aliphatic carbocycles. The van der Waals surface area contributed by atoms with Crippen molar-refractivity contribution in [2.75, 3.05) is 32.4 Å². The van der Waals surface area contributed by atoms with Gasteiger partial charge in [0.05, 0.1) is 6.26 Å².